The van der Waals surface area contributed by atoms with E-state index < -0.39 is 0 Å². The van der Waals surface area contributed by atoms with E-state index in [1.165, 1.54) is 25.0 Å². The molecule has 84 valence electrons. The van der Waals surface area contributed by atoms with Crippen LogP contribution in [0.4, 0.5) is 0 Å². The minimum atomic E-state index is 0.415. The van der Waals surface area contributed by atoms with Crippen molar-refractivity contribution in [3.05, 3.63) is 11.4 Å². The van der Waals surface area contributed by atoms with E-state index in [9.17, 15) is 0 Å². The van der Waals surface area contributed by atoms with Gasteiger partial charge in [0.05, 0.1) is 11.4 Å². The number of nitrogens with one attached hydrogen (secondary N) is 1. The molecule has 2 rings (SSSR count). The molecule has 0 atom stereocenters. The molecule has 0 aliphatic heterocycles. The highest BCUT2D eigenvalue weighted by atomic mass is 15.4. The van der Waals surface area contributed by atoms with Gasteiger partial charge in [-0.2, -0.15) is 0 Å². The van der Waals surface area contributed by atoms with Gasteiger partial charge in [0, 0.05) is 18.5 Å². The second-order valence-corrected chi connectivity index (χ2v) is 4.62. The minimum Gasteiger partial charge on any atom is -0.314 e. The maximum absolute atomic E-state index is 4.28. The van der Waals surface area contributed by atoms with Gasteiger partial charge in [-0.15, -0.1) is 5.10 Å². The molecule has 4 nitrogen and oxygen atoms in total. The number of nitrogens with zero attached hydrogens (tertiary/aromatic N) is 3. The summed E-state index contributed by atoms with van der Waals surface area (Å²) in [4.78, 5) is 0. The Hall–Kier alpha value is -0.900. The lowest BCUT2D eigenvalue weighted by atomic mass is 9.82. The summed E-state index contributed by atoms with van der Waals surface area (Å²) in [6.07, 6.45) is 3.96. The molecule has 1 saturated carbocycles. The number of aromatic nitrogens is 3. The van der Waals surface area contributed by atoms with Gasteiger partial charge < -0.3 is 5.32 Å². The van der Waals surface area contributed by atoms with Crippen LogP contribution < -0.4 is 5.32 Å². The van der Waals surface area contributed by atoms with Gasteiger partial charge in [-0.05, 0) is 33.7 Å². The fraction of sp³-hybridized carbons (Fsp3) is 0.818. The van der Waals surface area contributed by atoms with Crippen molar-refractivity contribution in [1.82, 2.24) is 20.3 Å². The first-order valence-corrected chi connectivity index (χ1v) is 5.82. The largest absolute Gasteiger partial charge is 0.314 e. The van der Waals surface area contributed by atoms with Crippen LogP contribution in [0.5, 0.6) is 0 Å². The number of rotatable bonds is 4. The van der Waals surface area contributed by atoms with Gasteiger partial charge in [-0.1, -0.05) is 11.6 Å². The van der Waals surface area contributed by atoms with Crippen LogP contribution in [0.3, 0.4) is 0 Å². The Kier molecular flexibility index (Phi) is 3.05. The third kappa shape index (κ3) is 1.91. The second-order valence-electron chi connectivity index (χ2n) is 4.62. The van der Waals surface area contributed by atoms with Crippen LogP contribution in [-0.2, 0) is 6.54 Å². The molecule has 0 aromatic carbocycles. The SMILES string of the molecule is CNCc1nnn(C(C)C)c1C1CCC1. The van der Waals surface area contributed by atoms with E-state index in [0.717, 1.165) is 12.2 Å². The number of hydrogen-bond donors (Lipinski definition) is 1. The molecular weight excluding hydrogens is 188 g/mol. The minimum absolute atomic E-state index is 0.415. The monoisotopic (exact) mass is 208 g/mol. The molecule has 4 heteroatoms. The van der Waals surface area contributed by atoms with E-state index >= 15 is 0 Å². The van der Waals surface area contributed by atoms with Gasteiger partial charge in [0.2, 0.25) is 0 Å². The molecule has 0 bridgehead atoms. The summed E-state index contributed by atoms with van der Waals surface area (Å²) in [6, 6.07) is 0.415. The predicted octanol–water partition coefficient (Wildman–Crippen LogP) is 1.85. The Balaban J connectivity index is 2.30. The van der Waals surface area contributed by atoms with E-state index in [1.54, 1.807) is 0 Å². The van der Waals surface area contributed by atoms with E-state index in [-0.39, 0.29) is 0 Å². The first-order chi connectivity index (χ1) is 7.24. The van der Waals surface area contributed by atoms with Crippen molar-refractivity contribution >= 4 is 0 Å². The van der Waals surface area contributed by atoms with Crippen LogP contribution in [0.1, 0.15) is 56.5 Å². The molecule has 1 aliphatic carbocycles. The van der Waals surface area contributed by atoms with Crippen LogP contribution in [-0.4, -0.2) is 22.0 Å². The molecule has 1 aromatic heterocycles. The molecule has 1 heterocycles. The molecule has 1 fully saturated rings. The summed E-state index contributed by atoms with van der Waals surface area (Å²) in [6.45, 7) is 5.17. The Morgan fingerprint density at radius 2 is 2.20 bits per heavy atom. The van der Waals surface area contributed by atoms with Gasteiger partial charge in [-0.25, -0.2) is 4.68 Å². The second kappa shape index (κ2) is 4.31. The van der Waals surface area contributed by atoms with Crippen LogP contribution >= 0.6 is 0 Å². The summed E-state index contributed by atoms with van der Waals surface area (Å²) >= 11 is 0. The highest BCUT2D eigenvalue weighted by molar-refractivity contribution is 5.18. The third-order valence-electron chi connectivity index (χ3n) is 3.13. The molecule has 1 aliphatic rings. The summed E-state index contributed by atoms with van der Waals surface area (Å²) < 4.78 is 2.09. The van der Waals surface area contributed by atoms with Crippen LogP contribution in [0.2, 0.25) is 0 Å². The molecule has 0 unspecified atom stereocenters. The third-order valence-corrected chi connectivity index (χ3v) is 3.13. The summed E-state index contributed by atoms with van der Waals surface area (Å²) in [5, 5.41) is 11.7. The summed E-state index contributed by atoms with van der Waals surface area (Å²) in [5.74, 6) is 0.700. The van der Waals surface area contributed by atoms with Crippen LogP contribution in [0.15, 0.2) is 0 Å². The molecule has 0 amide bonds. The van der Waals surface area contributed by atoms with Crippen molar-refractivity contribution in [2.45, 2.75) is 51.6 Å². The van der Waals surface area contributed by atoms with Crippen molar-refractivity contribution in [1.29, 1.82) is 0 Å². The average Bonchev–Trinajstić information content (AvgIpc) is 2.47. The van der Waals surface area contributed by atoms with E-state index in [2.05, 4.69) is 34.2 Å². The van der Waals surface area contributed by atoms with E-state index in [4.69, 9.17) is 0 Å². The topological polar surface area (TPSA) is 42.7 Å². The Bertz CT molecular complexity index is 325. The first-order valence-electron chi connectivity index (χ1n) is 5.82. The Morgan fingerprint density at radius 3 is 2.67 bits per heavy atom. The Morgan fingerprint density at radius 1 is 1.47 bits per heavy atom. The summed E-state index contributed by atoms with van der Waals surface area (Å²) in [5.41, 5.74) is 2.50. The van der Waals surface area contributed by atoms with Crippen LogP contribution in [0, 0.1) is 0 Å². The highest BCUT2D eigenvalue weighted by Gasteiger charge is 2.27. The molecule has 0 radical (unpaired) electrons. The molecule has 0 saturated heterocycles. The molecule has 1 aromatic rings. The lowest BCUT2D eigenvalue weighted by Crippen LogP contribution is -2.19. The smallest absolute Gasteiger partial charge is 0.0999 e. The van der Waals surface area contributed by atoms with Gasteiger partial charge >= 0.3 is 0 Å². The van der Waals surface area contributed by atoms with Crippen molar-refractivity contribution in [2.75, 3.05) is 7.05 Å². The van der Waals surface area contributed by atoms with Crippen molar-refractivity contribution in [3.63, 3.8) is 0 Å². The van der Waals surface area contributed by atoms with Gasteiger partial charge in [0.15, 0.2) is 0 Å². The van der Waals surface area contributed by atoms with Gasteiger partial charge in [0.25, 0.3) is 0 Å². The predicted molar refractivity (Wildman–Crippen MR) is 59.8 cm³/mol. The fourth-order valence-corrected chi connectivity index (χ4v) is 2.11. The zero-order chi connectivity index (χ0) is 10.8. The highest BCUT2D eigenvalue weighted by Crippen LogP contribution is 2.38. The zero-order valence-corrected chi connectivity index (χ0v) is 9.82. The average molecular weight is 208 g/mol. The molecule has 0 spiro atoms. The van der Waals surface area contributed by atoms with Gasteiger partial charge in [0.1, 0.15) is 0 Å². The quantitative estimate of drug-likeness (QED) is 0.821. The first kappa shape index (κ1) is 10.6. The van der Waals surface area contributed by atoms with E-state index in [1.807, 2.05) is 7.05 Å². The standard InChI is InChI=1S/C11H20N4/c1-8(2)15-11(9-5-4-6-9)10(7-12-3)13-14-15/h8-9,12H,4-7H2,1-3H3. The Labute approximate surface area is 91.1 Å². The van der Waals surface area contributed by atoms with Crippen molar-refractivity contribution in [3.8, 4) is 0 Å². The number of hydrogen-bond acceptors (Lipinski definition) is 3. The van der Waals surface area contributed by atoms with Crippen LogP contribution in [0.25, 0.3) is 0 Å². The molecular formula is C11H20N4. The zero-order valence-electron chi connectivity index (χ0n) is 9.82. The normalized spacial score (nSPS) is 17.1. The van der Waals surface area contributed by atoms with Gasteiger partial charge in [-0.3, -0.25) is 0 Å². The molecule has 15 heavy (non-hydrogen) atoms. The summed E-state index contributed by atoms with van der Waals surface area (Å²) in [7, 11) is 1.96. The maximum Gasteiger partial charge on any atom is 0.0999 e. The maximum atomic E-state index is 4.28. The molecule has 1 N–H and O–H groups in total. The van der Waals surface area contributed by atoms with E-state index in [0.29, 0.717) is 12.0 Å². The fourth-order valence-electron chi connectivity index (χ4n) is 2.11. The lowest BCUT2D eigenvalue weighted by molar-refractivity contribution is 0.372. The lowest BCUT2D eigenvalue weighted by Gasteiger charge is -2.27. The van der Waals surface area contributed by atoms with Crippen molar-refractivity contribution in [2.24, 2.45) is 0 Å². The van der Waals surface area contributed by atoms with Crippen molar-refractivity contribution < 1.29 is 0 Å².